The minimum atomic E-state index is -0.205. The van der Waals surface area contributed by atoms with Crippen LogP contribution in [0.3, 0.4) is 0 Å². The minimum absolute atomic E-state index is 0.205. The molecule has 0 aliphatic rings. The number of halogens is 2. The van der Waals surface area contributed by atoms with Crippen LogP contribution in [0.2, 0.25) is 5.02 Å². The van der Waals surface area contributed by atoms with E-state index in [1.165, 1.54) is 0 Å². The molecule has 2 rings (SSSR count). The maximum atomic E-state index is 6.56. The summed E-state index contributed by atoms with van der Waals surface area (Å²) in [6.45, 7) is 4.01. The van der Waals surface area contributed by atoms with E-state index in [0.717, 1.165) is 33.0 Å². The summed E-state index contributed by atoms with van der Waals surface area (Å²) < 4.78 is 5.21. The first-order chi connectivity index (χ1) is 9.02. The van der Waals surface area contributed by atoms with Crippen molar-refractivity contribution in [3.05, 3.63) is 63.7 Å². The van der Waals surface area contributed by atoms with Crippen LogP contribution < -0.4 is 4.74 Å². The molecular weight excluding hydrogens is 279 g/mol. The Kier molecular flexibility index (Phi) is 4.38. The molecule has 3 heteroatoms. The van der Waals surface area contributed by atoms with Gasteiger partial charge in [-0.05, 0) is 54.3 Å². The monoisotopic (exact) mass is 294 g/mol. The molecule has 0 amide bonds. The summed E-state index contributed by atoms with van der Waals surface area (Å²) in [7, 11) is 1.66. The third-order valence-corrected chi connectivity index (χ3v) is 4.13. The molecule has 100 valence electrons. The lowest BCUT2D eigenvalue weighted by Crippen LogP contribution is -1.97. The number of hydrogen-bond acceptors (Lipinski definition) is 1. The molecule has 0 spiro atoms. The summed E-state index contributed by atoms with van der Waals surface area (Å²) in [5, 5.41) is 0.540. The van der Waals surface area contributed by atoms with Gasteiger partial charge in [-0.15, -0.1) is 11.6 Å². The third kappa shape index (κ3) is 3.05. The lowest BCUT2D eigenvalue weighted by Gasteiger charge is -2.15. The minimum Gasteiger partial charge on any atom is -0.497 e. The summed E-state index contributed by atoms with van der Waals surface area (Å²) >= 11 is 12.7. The van der Waals surface area contributed by atoms with Gasteiger partial charge in [-0.2, -0.15) is 0 Å². The molecule has 0 aliphatic carbocycles. The average molecular weight is 295 g/mol. The van der Waals surface area contributed by atoms with Crippen molar-refractivity contribution in [3.63, 3.8) is 0 Å². The average Bonchev–Trinajstić information content (AvgIpc) is 2.41. The number of rotatable bonds is 3. The maximum Gasteiger partial charge on any atom is 0.119 e. The summed E-state index contributed by atoms with van der Waals surface area (Å²) in [5.41, 5.74) is 4.24. The number of ether oxygens (including phenoxy) is 1. The zero-order valence-corrected chi connectivity index (χ0v) is 12.7. The van der Waals surface area contributed by atoms with Gasteiger partial charge in [-0.25, -0.2) is 0 Å². The lowest BCUT2D eigenvalue weighted by molar-refractivity contribution is 0.414. The summed E-state index contributed by atoms with van der Waals surface area (Å²) in [6.07, 6.45) is 0. The summed E-state index contributed by atoms with van der Waals surface area (Å²) in [6, 6.07) is 11.8. The van der Waals surface area contributed by atoms with Gasteiger partial charge in [0.15, 0.2) is 0 Å². The Morgan fingerprint density at radius 1 is 1.00 bits per heavy atom. The van der Waals surface area contributed by atoms with E-state index < -0.39 is 0 Å². The van der Waals surface area contributed by atoms with Gasteiger partial charge >= 0.3 is 0 Å². The lowest BCUT2D eigenvalue weighted by atomic mass is 9.99. The van der Waals surface area contributed by atoms with E-state index in [0.29, 0.717) is 0 Å². The molecule has 0 N–H and O–H groups in total. The van der Waals surface area contributed by atoms with Crippen LogP contribution in [0.25, 0.3) is 0 Å². The highest BCUT2D eigenvalue weighted by atomic mass is 35.5. The van der Waals surface area contributed by atoms with E-state index in [2.05, 4.69) is 0 Å². The molecule has 1 nitrogen and oxygen atoms in total. The van der Waals surface area contributed by atoms with Crippen LogP contribution in [0, 0.1) is 13.8 Å². The first-order valence-electron chi connectivity index (χ1n) is 6.07. The van der Waals surface area contributed by atoms with E-state index in [1.807, 2.05) is 50.2 Å². The molecule has 2 aromatic rings. The second-order valence-corrected chi connectivity index (χ2v) is 5.44. The van der Waals surface area contributed by atoms with Gasteiger partial charge in [0.25, 0.3) is 0 Å². The fourth-order valence-corrected chi connectivity index (χ4v) is 2.58. The van der Waals surface area contributed by atoms with Gasteiger partial charge in [-0.3, -0.25) is 0 Å². The SMILES string of the molecule is COc1ccc(C(Cl)c2ccc(C)c(Cl)c2)c(C)c1. The Morgan fingerprint density at radius 3 is 2.32 bits per heavy atom. The molecule has 0 radical (unpaired) electrons. The molecule has 1 unspecified atom stereocenters. The van der Waals surface area contributed by atoms with Crippen LogP contribution >= 0.6 is 23.2 Å². The molecule has 0 bridgehead atoms. The van der Waals surface area contributed by atoms with Crippen molar-refractivity contribution in [3.8, 4) is 5.75 Å². The Labute approximate surface area is 124 Å². The third-order valence-electron chi connectivity index (χ3n) is 3.24. The van der Waals surface area contributed by atoms with Crippen molar-refractivity contribution in [2.45, 2.75) is 19.2 Å². The van der Waals surface area contributed by atoms with Crippen LogP contribution in [0.1, 0.15) is 27.6 Å². The van der Waals surface area contributed by atoms with E-state index in [4.69, 9.17) is 27.9 Å². The fourth-order valence-electron chi connectivity index (χ4n) is 2.01. The molecule has 0 fully saturated rings. The van der Waals surface area contributed by atoms with Crippen LogP contribution in [0.5, 0.6) is 5.75 Å². The zero-order valence-electron chi connectivity index (χ0n) is 11.2. The van der Waals surface area contributed by atoms with Crippen LogP contribution in [0.4, 0.5) is 0 Å². The predicted molar refractivity (Wildman–Crippen MR) is 81.6 cm³/mol. The normalized spacial score (nSPS) is 12.3. The molecule has 0 saturated carbocycles. The highest BCUT2D eigenvalue weighted by Crippen LogP contribution is 2.34. The Hall–Kier alpha value is -1.18. The van der Waals surface area contributed by atoms with Crippen molar-refractivity contribution in [1.82, 2.24) is 0 Å². The fraction of sp³-hybridized carbons (Fsp3) is 0.250. The van der Waals surface area contributed by atoms with Gasteiger partial charge in [0, 0.05) is 5.02 Å². The molecule has 19 heavy (non-hydrogen) atoms. The second kappa shape index (κ2) is 5.85. The zero-order chi connectivity index (χ0) is 14.0. The van der Waals surface area contributed by atoms with E-state index in [-0.39, 0.29) is 5.38 Å². The molecule has 1 atom stereocenters. The van der Waals surface area contributed by atoms with E-state index in [1.54, 1.807) is 7.11 Å². The summed E-state index contributed by atoms with van der Waals surface area (Å²) in [4.78, 5) is 0. The standard InChI is InChI=1S/C16H16Cl2O/c1-10-4-5-12(9-15(10)17)16(18)14-7-6-13(19-3)8-11(14)2/h4-9,16H,1-3H3. The van der Waals surface area contributed by atoms with Crippen LogP contribution in [-0.4, -0.2) is 7.11 Å². The number of methoxy groups -OCH3 is 1. The first kappa shape index (κ1) is 14.2. The Bertz CT molecular complexity index is 593. The van der Waals surface area contributed by atoms with Crippen molar-refractivity contribution < 1.29 is 4.74 Å². The molecular formula is C16H16Cl2O. The second-order valence-electron chi connectivity index (χ2n) is 4.59. The summed E-state index contributed by atoms with van der Waals surface area (Å²) in [5.74, 6) is 0.840. The van der Waals surface area contributed by atoms with Crippen LogP contribution in [0.15, 0.2) is 36.4 Å². The predicted octanol–water partition coefficient (Wildman–Crippen LogP) is 5.29. The molecule has 0 aliphatic heterocycles. The van der Waals surface area contributed by atoms with Crippen molar-refractivity contribution in [2.24, 2.45) is 0 Å². The number of alkyl halides is 1. The molecule has 0 aromatic heterocycles. The number of benzene rings is 2. The molecule has 0 heterocycles. The van der Waals surface area contributed by atoms with Gasteiger partial charge in [-0.1, -0.05) is 29.8 Å². The van der Waals surface area contributed by atoms with E-state index in [9.17, 15) is 0 Å². The highest BCUT2D eigenvalue weighted by Gasteiger charge is 2.14. The topological polar surface area (TPSA) is 9.23 Å². The van der Waals surface area contributed by atoms with Crippen molar-refractivity contribution in [2.75, 3.05) is 7.11 Å². The van der Waals surface area contributed by atoms with Gasteiger partial charge in [0.2, 0.25) is 0 Å². The highest BCUT2D eigenvalue weighted by molar-refractivity contribution is 6.31. The van der Waals surface area contributed by atoms with Crippen molar-refractivity contribution in [1.29, 1.82) is 0 Å². The quantitative estimate of drug-likeness (QED) is 0.699. The maximum absolute atomic E-state index is 6.56. The number of aryl methyl sites for hydroxylation is 2. The first-order valence-corrected chi connectivity index (χ1v) is 6.89. The van der Waals surface area contributed by atoms with Crippen LogP contribution in [-0.2, 0) is 0 Å². The van der Waals surface area contributed by atoms with E-state index >= 15 is 0 Å². The van der Waals surface area contributed by atoms with Gasteiger partial charge < -0.3 is 4.74 Å². The molecule has 2 aromatic carbocycles. The smallest absolute Gasteiger partial charge is 0.119 e. The van der Waals surface area contributed by atoms with Gasteiger partial charge in [0.1, 0.15) is 5.75 Å². The largest absolute Gasteiger partial charge is 0.497 e. The Morgan fingerprint density at radius 2 is 1.74 bits per heavy atom. The van der Waals surface area contributed by atoms with Crippen molar-refractivity contribution >= 4 is 23.2 Å². The number of hydrogen-bond donors (Lipinski definition) is 0. The Balaban J connectivity index is 2.38. The molecule has 0 saturated heterocycles. The van der Waals surface area contributed by atoms with Gasteiger partial charge in [0.05, 0.1) is 12.5 Å².